The summed E-state index contributed by atoms with van der Waals surface area (Å²) in [5, 5.41) is 38.9. The number of aliphatic carboxylic acids is 1. The van der Waals surface area contributed by atoms with Crippen molar-refractivity contribution < 1.29 is 49.1 Å². The molecule has 0 aromatic heterocycles. The summed E-state index contributed by atoms with van der Waals surface area (Å²) in [7, 11) is 0. The van der Waals surface area contributed by atoms with Crippen LogP contribution in [0.4, 0.5) is 0 Å². The lowest BCUT2D eigenvalue weighted by Gasteiger charge is -2.42. The molecule has 1 fully saturated rings. The molecule has 2 unspecified atom stereocenters. The minimum atomic E-state index is -1.59. The summed E-state index contributed by atoms with van der Waals surface area (Å²) < 4.78 is 10.7. The van der Waals surface area contributed by atoms with Gasteiger partial charge in [0.15, 0.2) is 6.29 Å². The Morgan fingerprint density at radius 3 is 2.18 bits per heavy atom. The van der Waals surface area contributed by atoms with Crippen LogP contribution in [0.3, 0.4) is 0 Å². The average molecular weight is 478 g/mol. The lowest BCUT2D eigenvalue weighted by Crippen LogP contribution is -2.64. The minimum absolute atomic E-state index is 0.338. The number of aliphatic hydroxyl groups excluding tert-OH is 3. The SMILES string of the molecule is CC(=O)C(C[C@H](C(N)=O)N(CC(C)O[C@@H]1[C@@H](N)[C@@H](O)O[C@H](CO)[C@H]1O)C(=O)[C@H](C)N)C(=O)O. The monoisotopic (exact) mass is 478 g/mol. The highest BCUT2D eigenvalue weighted by Crippen LogP contribution is 2.23. The number of ketones is 1. The highest BCUT2D eigenvalue weighted by Gasteiger charge is 2.45. The van der Waals surface area contributed by atoms with Crippen LogP contribution >= 0.6 is 0 Å². The molecule has 0 saturated carbocycles. The minimum Gasteiger partial charge on any atom is -0.481 e. The molecule has 0 radical (unpaired) electrons. The molecular weight excluding hydrogens is 444 g/mol. The number of rotatable bonds is 12. The zero-order valence-corrected chi connectivity index (χ0v) is 18.7. The maximum atomic E-state index is 12.8. The van der Waals surface area contributed by atoms with E-state index in [0.29, 0.717) is 0 Å². The van der Waals surface area contributed by atoms with E-state index in [1.54, 1.807) is 0 Å². The molecule has 9 atom stereocenters. The fourth-order valence-electron chi connectivity index (χ4n) is 3.56. The zero-order valence-electron chi connectivity index (χ0n) is 18.7. The molecule has 14 nitrogen and oxygen atoms in total. The van der Waals surface area contributed by atoms with Crippen LogP contribution in [0.5, 0.6) is 0 Å². The van der Waals surface area contributed by atoms with E-state index in [-0.39, 0.29) is 6.54 Å². The third-order valence-corrected chi connectivity index (χ3v) is 5.39. The molecule has 1 saturated heterocycles. The van der Waals surface area contributed by atoms with Crippen molar-refractivity contribution in [2.24, 2.45) is 23.1 Å². The van der Waals surface area contributed by atoms with Gasteiger partial charge in [-0.2, -0.15) is 0 Å². The Morgan fingerprint density at radius 2 is 1.76 bits per heavy atom. The standard InChI is InChI=1S/C19H34N4O10/c1-7(32-15-13(21)19(31)33-12(6-24)14(15)26)5-23(17(28)8(2)20)11(16(22)27)4-10(9(3)25)18(29)30/h7-8,10-15,19,24,26,31H,4-6,20-21H2,1-3H3,(H2,22,27)(H,29,30)/t7?,8-,10?,11+,12+,13+,14+,15+,19-/m0/s1. The van der Waals surface area contributed by atoms with Crippen molar-refractivity contribution >= 4 is 23.6 Å². The number of amides is 2. The lowest BCUT2D eigenvalue weighted by molar-refractivity contribution is -0.263. The molecule has 0 spiro atoms. The Balaban J connectivity index is 3.15. The van der Waals surface area contributed by atoms with E-state index in [2.05, 4.69) is 0 Å². The molecule has 1 rings (SSSR count). The summed E-state index contributed by atoms with van der Waals surface area (Å²) in [6, 6.07) is -3.80. The smallest absolute Gasteiger partial charge is 0.314 e. The Hall–Kier alpha value is -2.20. The topological polar surface area (TPSA) is 249 Å². The molecule has 190 valence electrons. The first kappa shape index (κ1) is 28.8. The summed E-state index contributed by atoms with van der Waals surface area (Å²) in [6.45, 7) is 2.89. The van der Waals surface area contributed by atoms with Crippen molar-refractivity contribution in [2.75, 3.05) is 13.2 Å². The predicted molar refractivity (Wildman–Crippen MR) is 111 cm³/mol. The highest BCUT2D eigenvalue weighted by molar-refractivity contribution is 5.98. The van der Waals surface area contributed by atoms with Gasteiger partial charge < -0.3 is 52.0 Å². The maximum absolute atomic E-state index is 12.8. The highest BCUT2D eigenvalue weighted by atomic mass is 16.6. The molecule has 1 aliphatic heterocycles. The van der Waals surface area contributed by atoms with E-state index in [0.717, 1.165) is 11.8 Å². The first-order valence-corrected chi connectivity index (χ1v) is 10.3. The number of primary amides is 1. The zero-order chi connectivity index (χ0) is 25.6. The number of hydrogen-bond acceptors (Lipinski definition) is 11. The Labute approximate surface area is 190 Å². The third-order valence-electron chi connectivity index (χ3n) is 5.39. The first-order valence-electron chi connectivity index (χ1n) is 10.3. The van der Waals surface area contributed by atoms with Gasteiger partial charge in [-0.3, -0.25) is 19.2 Å². The molecule has 14 heteroatoms. The third kappa shape index (κ3) is 7.40. The number of hydrogen-bond donors (Lipinski definition) is 7. The Bertz CT molecular complexity index is 707. The van der Waals surface area contributed by atoms with Gasteiger partial charge in [0, 0.05) is 6.54 Å². The van der Waals surface area contributed by atoms with Gasteiger partial charge in [0.25, 0.3) is 0 Å². The van der Waals surface area contributed by atoms with E-state index >= 15 is 0 Å². The van der Waals surface area contributed by atoms with Gasteiger partial charge in [-0.15, -0.1) is 0 Å². The molecule has 0 aromatic carbocycles. The number of ether oxygens (including phenoxy) is 2. The second-order valence-electron chi connectivity index (χ2n) is 8.16. The molecule has 0 aromatic rings. The number of nitrogens with zero attached hydrogens (tertiary/aromatic N) is 1. The molecule has 2 amide bonds. The molecule has 1 heterocycles. The van der Waals surface area contributed by atoms with Gasteiger partial charge in [-0.1, -0.05) is 0 Å². The van der Waals surface area contributed by atoms with Crippen LogP contribution in [0, 0.1) is 5.92 Å². The van der Waals surface area contributed by atoms with Crippen LogP contribution in [0.25, 0.3) is 0 Å². The second-order valence-corrected chi connectivity index (χ2v) is 8.16. The summed E-state index contributed by atoms with van der Waals surface area (Å²) in [4.78, 5) is 49.0. The van der Waals surface area contributed by atoms with Gasteiger partial charge in [-0.05, 0) is 27.2 Å². The number of nitrogens with two attached hydrogens (primary N) is 3. The largest absolute Gasteiger partial charge is 0.481 e. The molecule has 10 N–H and O–H groups in total. The fraction of sp³-hybridized carbons (Fsp3) is 0.789. The van der Waals surface area contributed by atoms with E-state index in [4.69, 9.17) is 26.7 Å². The van der Waals surface area contributed by atoms with E-state index in [1.165, 1.54) is 13.8 Å². The number of carboxylic acids is 1. The number of carbonyl (C=O) groups excluding carboxylic acids is 3. The molecule has 33 heavy (non-hydrogen) atoms. The number of carbonyl (C=O) groups is 4. The lowest BCUT2D eigenvalue weighted by atomic mass is 9.94. The van der Waals surface area contributed by atoms with Crippen LogP contribution in [-0.2, 0) is 28.7 Å². The fourth-order valence-corrected chi connectivity index (χ4v) is 3.56. The van der Waals surface area contributed by atoms with Crippen LogP contribution in [0.1, 0.15) is 27.2 Å². The van der Waals surface area contributed by atoms with E-state index in [9.17, 15) is 39.6 Å². The van der Waals surface area contributed by atoms with Crippen molar-refractivity contribution in [2.45, 2.75) is 76.0 Å². The summed E-state index contributed by atoms with van der Waals surface area (Å²) in [6.07, 6.45) is -6.88. The van der Waals surface area contributed by atoms with E-state index in [1.807, 2.05) is 0 Å². The van der Waals surface area contributed by atoms with Crippen LogP contribution in [0.2, 0.25) is 0 Å². The van der Waals surface area contributed by atoms with Crippen LogP contribution in [0.15, 0.2) is 0 Å². The number of Topliss-reactive ketones (excluding diaryl/α,β-unsaturated/α-hetero) is 1. The van der Waals surface area contributed by atoms with Crippen LogP contribution in [-0.4, -0.2) is 111 Å². The average Bonchev–Trinajstić information content (AvgIpc) is 2.71. The van der Waals surface area contributed by atoms with Crippen molar-refractivity contribution in [1.29, 1.82) is 0 Å². The van der Waals surface area contributed by atoms with Gasteiger partial charge in [0.2, 0.25) is 11.8 Å². The first-order chi connectivity index (χ1) is 15.2. The van der Waals surface area contributed by atoms with Crippen molar-refractivity contribution in [1.82, 2.24) is 4.90 Å². The normalized spacial score (nSPS) is 28.9. The molecular formula is C19H34N4O10. The maximum Gasteiger partial charge on any atom is 0.314 e. The number of carboxylic acid groups (broad SMARTS) is 1. The Kier molecular flexibility index (Phi) is 10.8. The quantitative estimate of drug-likeness (QED) is 0.132. The molecule has 0 aliphatic carbocycles. The Morgan fingerprint density at radius 1 is 1.18 bits per heavy atom. The van der Waals surface area contributed by atoms with Crippen molar-refractivity contribution in [3.63, 3.8) is 0 Å². The van der Waals surface area contributed by atoms with Crippen LogP contribution < -0.4 is 17.2 Å². The van der Waals surface area contributed by atoms with E-state index < -0.39 is 91.3 Å². The van der Waals surface area contributed by atoms with Gasteiger partial charge >= 0.3 is 5.97 Å². The van der Waals surface area contributed by atoms with Gasteiger partial charge in [0.1, 0.15) is 36.1 Å². The molecule has 0 bridgehead atoms. The van der Waals surface area contributed by atoms with Gasteiger partial charge in [-0.25, -0.2) is 0 Å². The van der Waals surface area contributed by atoms with Crippen molar-refractivity contribution in [3.8, 4) is 0 Å². The molecule has 1 aliphatic rings. The summed E-state index contributed by atoms with van der Waals surface area (Å²) >= 11 is 0. The predicted octanol–water partition coefficient (Wildman–Crippen LogP) is -4.13. The summed E-state index contributed by atoms with van der Waals surface area (Å²) in [5.74, 6) is -5.61. The second kappa shape index (κ2) is 12.3. The van der Waals surface area contributed by atoms with Crippen molar-refractivity contribution in [3.05, 3.63) is 0 Å². The summed E-state index contributed by atoms with van der Waals surface area (Å²) in [5.41, 5.74) is 16.9. The number of aliphatic hydroxyl groups is 3. The van der Waals surface area contributed by atoms with Gasteiger partial charge in [0.05, 0.1) is 24.8 Å².